The number of benzene rings is 1. The number of fused-ring (bicyclic) bond motifs is 2. The van der Waals surface area contributed by atoms with Gasteiger partial charge in [0.05, 0.1) is 15.4 Å². The molecule has 0 aliphatic carbocycles. The number of hydrogen-bond donors (Lipinski definition) is 1. The second-order valence-electron chi connectivity index (χ2n) is 3.98. The van der Waals surface area contributed by atoms with Crippen LogP contribution in [0.2, 0.25) is 5.02 Å². The highest BCUT2D eigenvalue weighted by Crippen LogP contribution is 2.36. The lowest BCUT2D eigenvalue weighted by Crippen LogP contribution is -1.72. The van der Waals surface area contributed by atoms with E-state index in [1.54, 1.807) is 22.7 Å². The molecular weight excluding hydrogens is 284 g/mol. The predicted octanol–water partition coefficient (Wildman–Crippen LogP) is 5.16. The van der Waals surface area contributed by atoms with Gasteiger partial charge in [-0.3, -0.25) is 0 Å². The largest absolute Gasteiger partial charge is 0.337 e. The smallest absolute Gasteiger partial charge is 0.148 e. The van der Waals surface area contributed by atoms with Crippen molar-refractivity contribution in [2.24, 2.45) is 0 Å². The van der Waals surface area contributed by atoms with Gasteiger partial charge in [-0.2, -0.15) is 0 Å². The zero-order chi connectivity index (χ0) is 12.1. The van der Waals surface area contributed by atoms with Crippen LogP contribution < -0.4 is 0 Å². The molecule has 3 aromatic heterocycles. The highest BCUT2D eigenvalue weighted by molar-refractivity contribution is 7.28. The molecular formula is C13H7ClN2S2. The van der Waals surface area contributed by atoms with Crippen LogP contribution in [-0.2, 0) is 0 Å². The molecule has 4 aromatic rings. The van der Waals surface area contributed by atoms with Crippen LogP contribution in [-0.4, -0.2) is 9.97 Å². The number of halogens is 1. The minimum atomic E-state index is 0.688. The fourth-order valence-corrected chi connectivity index (χ4v) is 4.27. The first-order valence-corrected chi connectivity index (χ1v) is 7.50. The minimum absolute atomic E-state index is 0.688. The van der Waals surface area contributed by atoms with E-state index in [0.29, 0.717) is 5.02 Å². The maximum Gasteiger partial charge on any atom is 0.148 e. The fraction of sp³-hybridized carbons (Fsp3) is 0. The Morgan fingerprint density at radius 1 is 1.17 bits per heavy atom. The van der Waals surface area contributed by atoms with Crippen LogP contribution >= 0.6 is 34.3 Å². The van der Waals surface area contributed by atoms with Gasteiger partial charge in [-0.05, 0) is 29.6 Å². The van der Waals surface area contributed by atoms with Crippen molar-refractivity contribution < 1.29 is 0 Å². The van der Waals surface area contributed by atoms with E-state index in [2.05, 4.69) is 27.5 Å². The highest BCUT2D eigenvalue weighted by Gasteiger charge is 2.11. The average molecular weight is 291 g/mol. The van der Waals surface area contributed by atoms with Crippen molar-refractivity contribution in [1.29, 1.82) is 0 Å². The molecule has 5 heteroatoms. The van der Waals surface area contributed by atoms with Gasteiger partial charge in [0.15, 0.2) is 0 Å². The third-order valence-corrected chi connectivity index (χ3v) is 5.24. The molecule has 0 saturated carbocycles. The summed E-state index contributed by atoms with van der Waals surface area (Å²) in [6, 6.07) is 10.1. The van der Waals surface area contributed by atoms with E-state index in [1.165, 1.54) is 9.40 Å². The van der Waals surface area contributed by atoms with Crippen LogP contribution in [0.3, 0.4) is 0 Å². The van der Waals surface area contributed by atoms with E-state index in [-0.39, 0.29) is 0 Å². The molecule has 0 radical (unpaired) electrons. The van der Waals surface area contributed by atoms with Crippen LogP contribution in [0.4, 0.5) is 0 Å². The molecule has 1 aromatic carbocycles. The number of imidazole rings is 1. The molecule has 2 nitrogen and oxygen atoms in total. The Balaban J connectivity index is 1.96. The first-order chi connectivity index (χ1) is 8.81. The molecule has 0 spiro atoms. The number of para-hydroxylation sites is 1. The monoisotopic (exact) mass is 290 g/mol. The lowest BCUT2D eigenvalue weighted by Gasteiger charge is -1.88. The zero-order valence-corrected chi connectivity index (χ0v) is 11.5. The van der Waals surface area contributed by atoms with Crippen molar-refractivity contribution in [2.45, 2.75) is 0 Å². The molecule has 0 atom stereocenters. The SMILES string of the molecule is Clc1cccc2[nH]c(-c3cc4sccc4s3)nc12. The molecule has 0 unspecified atom stereocenters. The Kier molecular flexibility index (Phi) is 2.24. The first kappa shape index (κ1) is 10.6. The molecule has 0 aliphatic heterocycles. The molecule has 0 aliphatic rings. The number of H-pyrrole nitrogens is 1. The van der Waals surface area contributed by atoms with Crippen LogP contribution in [0.15, 0.2) is 35.7 Å². The number of aromatic nitrogens is 2. The van der Waals surface area contributed by atoms with Gasteiger partial charge in [-0.1, -0.05) is 17.7 Å². The number of thiophene rings is 2. The summed E-state index contributed by atoms with van der Waals surface area (Å²) in [7, 11) is 0. The Morgan fingerprint density at radius 2 is 2.11 bits per heavy atom. The normalized spacial score (nSPS) is 11.6. The summed E-state index contributed by atoms with van der Waals surface area (Å²) in [4.78, 5) is 9.06. The first-order valence-electron chi connectivity index (χ1n) is 5.43. The van der Waals surface area contributed by atoms with Gasteiger partial charge in [-0.25, -0.2) is 4.98 Å². The summed E-state index contributed by atoms with van der Waals surface area (Å²) in [5.74, 6) is 0.895. The maximum absolute atomic E-state index is 6.14. The molecule has 88 valence electrons. The predicted molar refractivity (Wildman–Crippen MR) is 79.8 cm³/mol. The summed E-state index contributed by atoms with van der Waals surface area (Å²) >= 11 is 9.65. The second kappa shape index (κ2) is 3.82. The Labute approximate surface area is 116 Å². The number of nitrogens with one attached hydrogen (secondary N) is 1. The number of rotatable bonds is 1. The molecule has 18 heavy (non-hydrogen) atoms. The van der Waals surface area contributed by atoms with Gasteiger partial charge < -0.3 is 4.98 Å². The van der Waals surface area contributed by atoms with E-state index >= 15 is 0 Å². The molecule has 0 amide bonds. The molecule has 0 bridgehead atoms. The molecule has 0 fully saturated rings. The molecule has 4 rings (SSSR count). The van der Waals surface area contributed by atoms with Crippen LogP contribution in [0, 0.1) is 0 Å². The number of hydrogen-bond acceptors (Lipinski definition) is 3. The average Bonchev–Trinajstić information content (AvgIpc) is 3.01. The van der Waals surface area contributed by atoms with Gasteiger partial charge in [0.2, 0.25) is 0 Å². The topological polar surface area (TPSA) is 28.7 Å². The van der Waals surface area contributed by atoms with E-state index in [0.717, 1.165) is 21.7 Å². The van der Waals surface area contributed by atoms with Gasteiger partial charge in [0.1, 0.15) is 11.3 Å². The highest BCUT2D eigenvalue weighted by atomic mass is 35.5. The maximum atomic E-state index is 6.14. The summed E-state index contributed by atoms with van der Waals surface area (Å²) < 4.78 is 2.61. The summed E-state index contributed by atoms with van der Waals surface area (Å²) in [5.41, 5.74) is 1.82. The lowest BCUT2D eigenvalue weighted by atomic mass is 10.3. The Bertz CT molecular complexity index is 828. The van der Waals surface area contributed by atoms with Crippen molar-refractivity contribution in [3.8, 4) is 10.7 Å². The van der Waals surface area contributed by atoms with Crippen LogP contribution in [0.1, 0.15) is 0 Å². The van der Waals surface area contributed by atoms with Gasteiger partial charge in [-0.15, -0.1) is 22.7 Å². The van der Waals surface area contributed by atoms with Crippen molar-refractivity contribution in [3.63, 3.8) is 0 Å². The minimum Gasteiger partial charge on any atom is -0.337 e. The van der Waals surface area contributed by atoms with Crippen molar-refractivity contribution in [3.05, 3.63) is 40.7 Å². The van der Waals surface area contributed by atoms with E-state index in [4.69, 9.17) is 11.6 Å². The molecule has 1 N–H and O–H groups in total. The standard InChI is InChI=1S/C13H7ClN2S2/c14-7-2-1-3-8-12(7)16-13(15-8)11-6-10-9(18-11)4-5-17-10/h1-6H,(H,15,16). The Morgan fingerprint density at radius 3 is 2.94 bits per heavy atom. The van der Waals surface area contributed by atoms with E-state index in [1.807, 2.05) is 18.2 Å². The van der Waals surface area contributed by atoms with Crippen LogP contribution in [0.25, 0.3) is 31.1 Å². The van der Waals surface area contributed by atoms with Crippen molar-refractivity contribution in [2.75, 3.05) is 0 Å². The lowest BCUT2D eigenvalue weighted by molar-refractivity contribution is 1.36. The van der Waals surface area contributed by atoms with E-state index < -0.39 is 0 Å². The Hall–Kier alpha value is -1.36. The third kappa shape index (κ3) is 1.50. The third-order valence-electron chi connectivity index (χ3n) is 2.84. The van der Waals surface area contributed by atoms with Gasteiger partial charge in [0.25, 0.3) is 0 Å². The summed E-state index contributed by atoms with van der Waals surface area (Å²) in [6.07, 6.45) is 0. The number of nitrogens with zero attached hydrogens (tertiary/aromatic N) is 1. The zero-order valence-electron chi connectivity index (χ0n) is 9.11. The van der Waals surface area contributed by atoms with Gasteiger partial charge >= 0.3 is 0 Å². The van der Waals surface area contributed by atoms with Crippen molar-refractivity contribution >= 4 is 54.7 Å². The quantitative estimate of drug-likeness (QED) is 0.515. The second-order valence-corrected chi connectivity index (χ2v) is 6.42. The molecule has 0 saturated heterocycles. The van der Waals surface area contributed by atoms with Gasteiger partial charge in [0, 0.05) is 9.40 Å². The summed E-state index contributed by atoms with van der Waals surface area (Å²) in [5, 5.41) is 2.80. The summed E-state index contributed by atoms with van der Waals surface area (Å²) in [6.45, 7) is 0. The fourth-order valence-electron chi connectivity index (χ4n) is 2.00. The van der Waals surface area contributed by atoms with E-state index in [9.17, 15) is 0 Å². The number of aromatic amines is 1. The van der Waals surface area contributed by atoms with Crippen LogP contribution in [0.5, 0.6) is 0 Å². The molecule has 3 heterocycles. The van der Waals surface area contributed by atoms with Crippen molar-refractivity contribution in [1.82, 2.24) is 9.97 Å².